The number of rotatable bonds is 0. The minimum Gasteiger partial charge on any atom is -0.594 e. The number of fused-ring (bicyclic) bond motifs is 1. The van der Waals surface area contributed by atoms with Crippen LogP contribution in [0.5, 0.6) is 0 Å². The maximum atomic E-state index is 10.9. The van der Waals surface area contributed by atoms with Crippen LogP contribution in [0.3, 0.4) is 0 Å². The summed E-state index contributed by atoms with van der Waals surface area (Å²) in [5.41, 5.74) is 2.41. The van der Waals surface area contributed by atoms with Crippen molar-refractivity contribution in [3.8, 4) is 0 Å². The highest BCUT2D eigenvalue weighted by Crippen LogP contribution is 2.16. The highest BCUT2D eigenvalue weighted by atomic mass is 16.5. The number of hydrogen-bond donors (Lipinski definition) is 0. The molecule has 0 aliphatic carbocycles. The monoisotopic (exact) mass is 174 g/mol. The highest BCUT2D eigenvalue weighted by Gasteiger charge is 2.01. The van der Waals surface area contributed by atoms with Crippen LogP contribution >= 0.6 is 0 Å². The standard InChI is InChI=1S/C10H10N2O/c1-7-3-9-5-11-12(13)6-10(9)4-8(7)2/h3-6H,1-2H3. The van der Waals surface area contributed by atoms with Gasteiger partial charge in [0.05, 0.1) is 5.39 Å². The van der Waals surface area contributed by atoms with Gasteiger partial charge in [-0.05, 0) is 37.1 Å². The summed E-state index contributed by atoms with van der Waals surface area (Å²) in [6.07, 6.45) is 3.08. The van der Waals surface area contributed by atoms with E-state index >= 15 is 0 Å². The number of aromatic nitrogens is 2. The average molecular weight is 174 g/mol. The molecule has 3 heteroatoms. The Labute approximate surface area is 76.2 Å². The third-order valence-electron chi connectivity index (χ3n) is 2.26. The average Bonchev–Trinajstić information content (AvgIpc) is 2.08. The van der Waals surface area contributed by atoms with Crippen LogP contribution in [0.4, 0.5) is 0 Å². The highest BCUT2D eigenvalue weighted by molar-refractivity contribution is 5.81. The summed E-state index contributed by atoms with van der Waals surface area (Å²) in [7, 11) is 0. The van der Waals surface area contributed by atoms with E-state index in [1.165, 1.54) is 17.3 Å². The van der Waals surface area contributed by atoms with Gasteiger partial charge in [-0.1, -0.05) is 4.85 Å². The van der Waals surface area contributed by atoms with Gasteiger partial charge in [0.2, 0.25) is 6.20 Å². The molecular formula is C10H10N2O. The summed E-state index contributed by atoms with van der Waals surface area (Å²) >= 11 is 0. The normalized spacial score (nSPS) is 10.6. The molecule has 0 saturated carbocycles. The molecule has 1 heterocycles. The van der Waals surface area contributed by atoms with Crippen LogP contribution in [0.1, 0.15) is 11.1 Å². The Kier molecular flexibility index (Phi) is 1.65. The van der Waals surface area contributed by atoms with Crippen molar-refractivity contribution in [2.45, 2.75) is 13.8 Å². The van der Waals surface area contributed by atoms with Gasteiger partial charge in [-0.15, -0.1) is 0 Å². The molecule has 0 bridgehead atoms. The lowest BCUT2D eigenvalue weighted by Gasteiger charge is -2.01. The first-order valence-electron chi connectivity index (χ1n) is 4.13. The summed E-state index contributed by atoms with van der Waals surface area (Å²) in [6.45, 7) is 4.08. The van der Waals surface area contributed by atoms with E-state index < -0.39 is 0 Å². The first kappa shape index (κ1) is 7.98. The molecular weight excluding hydrogens is 164 g/mol. The maximum absolute atomic E-state index is 10.9. The van der Waals surface area contributed by atoms with E-state index in [1.807, 2.05) is 26.0 Å². The predicted molar refractivity (Wildman–Crippen MR) is 50.2 cm³/mol. The van der Waals surface area contributed by atoms with Gasteiger partial charge in [-0.2, -0.15) is 0 Å². The van der Waals surface area contributed by atoms with Crippen molar-refractivity contribution in [1.82, 2.24) is 5.10 Å². The summed E-state index contributed by atoms with van der Waals surface area (Å²) in [4.78, 5) is 0.580. The number of aryl methyl sites for hydroxylation is 2. The number of hydrogen-bond acceptors (Lipinski definition) is 2. The molecule has 0 aliphatic heterocycles. The number of benzene rings is 1. The van der Waals surface area contributed by atoms with E-state index in [-0.39, 0.29) is 0 Å². The predicted octanol–water partition coefficient (Wildman–Crippen LogP) is 1.49. The fourth-order valence-electron chi connectivity index (χ4n) is 1.36. The third kappa shape index (κ3) is 1.33. The molecule has 66 valence electrons. The minimum absolute atomic E-state index is 0.580. The Morgan fingerprint density at radius 2 is 1.77 bits per heavy atom. The molecule has 0 saturated heterocycles. The van der Waals surface area contributed by atoms with Crippen molar-refractivity contribution >= 4 is 10.8 Å². The van der Waals surface area contributed by atoms with Crippen molar-refractivity contribution in [1.29, 1.82) is 0 Å². The Morgan fingerprint density at radius 1 is 1.15 bits per heavy atom. The zero-order valence-electron chi connectivity index (χ0n) is 7.61. The van der Waals surface area contributed by atoms with E-state index in [0.29, 0.717) is 4.85 Å². The molecule has 1 aromatic carbocycles. The molecule has 13 heavy (non-hydrogen) atoms. The molecule has 2 rings (SSSR count). The fraction of sp³-hybridized carbons (Fsp3) is 0.200. The second-order valence-electron chi connectivity index (χ2n) is 3.24. The van der Waals surface area contributed by atoms with E-state index in [9.17, 15) is 5.21 Å². The quantitative estimate of drug-likeness (QED) is 0.448. The molecule has 0 atom stereocenters. The second-order valence-corrected chi connectivity index (χ2v) is 3.24. The third-order valence-corrected chi connectivity index (χ3v) is 2.26. The Bertz CT molecular complexity index is 466. The summed E-state index contributed by atoms with van der Waals surface area (Å²) in [5.74, 6) is 0. The lowest BCUT2D eigenvalue weighted by Crippen LogP contribution is -2.29. The summed E-state index contributed by atoms with van der Waals surface area (Å²) in [5, 5.41) is 16.5. The largest absolute Gasteiger partial charge is 0.594 e. The van der Waals surface area contributed by atoms with Gasteiger partial charge in [0, 0.05) is 10.5 Å². The lowest BCUT2D eigenvalue weighted by atomic mass is 10.1. The van der Waals surface area contributed by atoms with E-state index in [1.54, 1.807) is 6.20 Å². The molecule has 0 amide bonds. The van der Waals surface area contributed by atoms with Crippen LogP contribution < -0.4 is 4.85 Å². The van der Waals surface area contributed by atoms with Crippen molar-refractivity contribution < 1.29 is 4.85 Å². The van der Waals surface area contributed by atoms with Gasteiger partial charge in [0.1, 0.15) is 6.20 Å². The van der Waals surface area contributed by atoms with Gasteiger partial charge in [0.15, 0.2) is 0 Å². The Morgan fingerprint density at radius 3 is 2.46 bits per heavy atom. The van der Waals surface area contributed by atoms with Crippen LogP contribution in [0.25, 0.3) is 10.8 Å². The maximum Gasteiger partial charge on any atom is 0.217 e. The summed E-state index contributed by atoms with van der Waals surface area (Å²) < 4.78 is 0. The smallest absolute Gasteiger partial charge is 0.217 e. The molecule has 3 nitrogen and oxygen atoms in total. The SMILES string of the molecule is Cc1cc2cn[n+]([O-])cc2cc1C. The molecule has 1 aromatic heterocycles. The van der Waals surface area contributed by atoms with Crippen molar-refractivity contribution in [2.24, 2.45) is 0 Å². The molecule has 0 spiro atoms. The molecule has 0 unspecified atom stereocenters. The van der Waals surface area contributed by atoms with Crippen LogP contribution in [0.2, 0.25) is 0 Å². The number of nitrogens with zero attached hydrogens (tertiary/aromatic N) is 2. The first-order valence-corrected chi connectivity index (χ1v) is 4.13. The van der Waals surface area contributed by atoms with Crippen LogP contribution in [0.15, 0.2) is 24.5 Å². The van der Waals surface area contributed by atoms with E-state index in [2.05, 4.69) is 5.10 Å². The summed E-state index contributed by atoms with van der Waals surface area (Å²) in [6, 6.07) is 4.04. The van der Waals surface area contributed by atoms with Crippen molar-refractivity contribution in [3.05, 3.63) is 40.9 Å². The Hall–Kier alpha value is -1.64. The molecule has 0 fully saturated rings. The van der Waals surface area contributed by atoms with E-state index in [4.69, 9.17) is 0 Å². The fourth-order valence-corrected chi connectivity index (χ4v) is 1.36. The molecule has 0 N–H and O–H groups in total. The van der Waals surface area contributed by atoms with Gasteiger partial charge < -0.3 is 5.21 Å². The van der Waals surface area contributed by atoms with Gasteiger partial charge in [0.25, 0.3) is 0 Å². The van der Waals surface area contributed by atoms with Crippen molar-refractivity contribution in [2.75, 3.05) is 0 Å². The van der Waals surface area contributed by atoms with Crippen molar-refractivity contribution in [3.63, 3.8) is 0 Å². The molecule has 2 aromatic rings. The lowest BCUT2D eigenvalue weighted by molar-refractivity contribution is -0.667. The van der Waals surface area contributed by atoms with Gasteiger partial charge >= 0.3 is 0 Å². The zero-order valence-corrected chi connectivity index (χ0v) is 7.61. The van der Waals surface area contributed by atoms with Gasteiger partial charge in [-0.25, -0.2) is 0 Å². The van der Waals surface area contributed by atoms with Crippen LogP contribution in [0, 0.1) is 19.1 Å². The minimum atomic E-state index is 0.580. The zero-order chi connectivity index (χ0) is 9.42. The Balaban J connectivity index is 2.81. The molecule has 0 aliphatic rings. The van der Waals surface area contributed by atoms with Gasteiger partial charge in [-0.3, -0.25) is 0 Å². The van der Waals surface area contributed by atoms with Crippen LogP contribution in [-0.2, 0) is 0 Å². The van der Waals surface area contributed by atoms with E-state index in [0.717, 1.165) is 10.8 Å². The first-order chi connectivity index (χ1) is 6.16. The van der Waals surface area contributed by atoms with Crippen LogP contribution in [-0.4, -0.2) is 5.10 Å². The molecule has 0 radical (unpaired) electrons. The second kappa shape index (κ2) is 2.69. The topological polar surface area (TPSA) is 39.8 Å².